The van der Waals surface area contributed by atoms with Crippen molar-refractivity contribution in [3.8, 4) is 0 Å². The summed E-state index contributed by atoms with van der Waals surface area (Å²) >= 11 is 6.26. The highest BCUT2D eigenvalue weighted by Gasteiger charge is 2.29. The number of sulfonamides is 1. The molecule has 0 saturated carbocycles. The number of hydrogen-bond acceptors (Lipinski definition) is 3. The van der Waals surface area contributed by atoms with Gasteiger partial charge in [-0.1, -0.05) is 42.3 Å². The topological polar surface area (TPSA) is 66.5 Å². The third-order valence-electron chi connectivity index (χ3n) is 5.81. The predicted octanol–water partition coefficient (Wildman–Crippen LogP) is 4.87. The number of carbonyl (C=O) groups is 1. The van der Waals surface area contributed by atoms with Crippen LogP contribution in [0.25, 0.3) is 0 Å². The largest absolute Gasteiger partial charge is 0.345 e. The van der Waals surface area contributed by atoms with Gasteiger partial charge in [0.2, 0.25) is 10.0 Å². The normalized spacial score (nSPS) is 17.0. The number of piperidine rings is 1. The smallest absolute Gasteiger partial charge is 0.253 e. The van der Waals surface area contributed by atoms with Crippen LogP contribution in [0.4, 0.5) is 0 Å². The molecule has 0 aliphatic carbocycles. The Balaban J connectivity index is 1.84. The molecule has 0 spiro atoms. The van der Waals surface area contributed by atoms with Gasteiger partial charge >= 0.3 is 0 Å². The van der Waals surface area contributed by atoms with Crippen molar-refractivity contribution in [3.63, 3.8) is 0 Å². The van der Waals surface area contributed by atoms with E-state index in [1.807, 2.05) is 39.0 Å². The molecule has 5 nitrogen and oxygen atoms in total. The molecule has 162 valence electrons. The Morgan fingerprint density at radius 2 is 1.80 bits per heavy atom. The molecule has 2 aromatic carbocycles. The van der Waals surface area contributed by atoms with E-state index < -0.39 is 15.9 Å². The number of nitrogens with zero attached hydrogens (tertiary/aromatic N) is 1. The average Bonchev–Trinajstić information content (AvgIpc) is 2.70. The predicted molar refractivity (Wildman–Crippen MR) is 120 cm³/mol. The molecule has 0 bridgehead atoms. The highest BCUT2D eigenvalue weighted by atomic mass is 35.5. The van der Waals surface area contributed by atoms with Crippen LogP contribution in [-0.4, -0.2) is 31.7 Å². The maximum absolute atomic E-state index is 13.1. The monoisotopic (exact) mass is 448 g/mol. The van der Waals surface area contributed by atoms with Gasteiger partial charge in [-0.2, -0.15) is 4.31 Å². The zero-order valence-electron chi connectivity index (χ0n) is 17.9. The number of nitrogens with one attached hydrogen (secondary N) is 1. The van der Waals surface area contributed by atoms with Crippen molar-refractivity contribution in [2.75, 3.05) is 13.1 Å². The van der Waals surface area contributed by atoms with Crippen molar-refractivity contribution in [2.24, 2.45) is 5.92 Å². The van der Waals surface area contributed by atoms with Gasteiger partial charge in [0.25, 0.3) is 5.91 Å². The van der Waals surface area contributed by atoms with Crippen LogP contribution in [0, 0.1) is 19.8 Å². The summed E-state index contributed by atoms with van der Waals surface area (Å²) in [6.45, 7) is 9.03. The second kappa shape index (κ2) is 9.08. The average molecular weight is 449 g/mol. The molecule has 3 rings (SSSR count). The van der Waals surface area contributed by atoms with E-state index in [0.29, 0.717) is 19.0 Å². The lowest BCUT2D eigenvalue weighted by atomic mass is 10.00. The zero-order chi connectivity index (χ0) is 22.1. The first-order valence-corrected chi connectivity index (χ1v) is 12.1. The van der Waals surface area contributed by atoms with Crippen LogP contribution in [0.15, 0.2) is 41.3 Å². The number of benzene rings is 2. The molecule has 7 heteroatoms. The molecular weight excluding hydrogens is 420 g/mol. The lowest BCUT2D eigenvalue weighted by molar-refractivity contribution is 0.0939. The molecule has 1 aliphatic rings. The molecule has 0 unspecified atom stereocenters. The Morgan fingerprint density at radius 3 is 2.47 bits per heavy atom. The van der Waals surface area contributed by atoms with Crippen LogP contribution in [-0.2, 0) is 10.0 Å². The Kier molecular flexibility index (Phi) is 6.90. The standard InChI is InChI=1S/C23H29ClN2O3S/c1-15-9-11-26(12-10-15)30(28,29)19-7-8-22(24)21(14-19)23(27)25-18(4)20-13-16(2)5-6-17(20)3/h5-8,13-15,18H,9-12H2,1-4H3,(H,25,27)/t18-/m1/s1. The quantitative estimate of drug-likeness (QED) is 0.709. The molecule has 1 heterocycles. The van der Waals surface area contributed by atoms with E-state index in [1.54, 1.807) is 0 Å². The maximum atomic E-state index is 13.1. The van der Waals surface area contributed by atoms with E-state index in [4.69, 9.17) is 11.6 Å². The fourth-order valence-electron chi connectivity index (χ4n) is 3.79. The summed E-state index contributed by atoms with van der Waals surface area (Å²) in [5, 5.41) is 3.18. The van der Waals surface area contributed by atoms with Crippen molar-refractivity contribution in [1.29, 1.82) is 0 Å². The maximum Gasteiger partial charge on any atom is 0.253 e. The van der Waals surface area contributed by atoms with Crippen LogP contribution < -0.4 is 5.32 Å². The molecule has 1 N–H and O–H groups in total. The van der Waals surface area contributed by atoms with Crippen LogP contribution in [0.1, 0.15) is 59.8 Å². The molecule has 30 heavy (non-hydrogen) atoms. The lowest BCUT2D eigenvalue weighted by Crippen LogP contribution is -2.38. The first-order chi connectivity index (χ1) is 14.1. The van der Waals surface area contributed by atoms with Gasteiger partial charge in [-0.05, 0) is 68.9 Å². The summed E-state index contributed by atoms with van der Waals surface area (Å²) in [6, 6.07) is 10.2. The molecule has 0 radical (unpaired) electrons. The van der Waals surface area contributed by atoms with Gasteiger partial charge in [-0.3, -0.25) is 4.79 Å². The minimum Gasteiger partial charge on any atom is -0.345 e. The summed E-state index contributed by atoms with van der Waals surface area (Å²) < 4.78 is 27.6. The fraction of sp³-hybridized carbons (Fsp3) is 0.435. The SMILES string of the molecule is Cc1ccc(C)c([C@@H](C)NC(=O)c2cc(S(=O)(=O)N3CCC(C)CC3)ccc2Cl)c1. The van der Waals surface area contributed by atoms with E-state index >= 15 is 0 Å². The van der Waals surface area contributed by atoms with Crippen LogP contribution in [0.5, 0.6) is 0 Å². The molecule has 1 amide bonds. The minimum atomic E-state index is -3.66. The summed E-state index contributed by atoms with van der Waals surface area (Å²) in [4.78, 5) is 13.0. The Hall–Kier alpha value is -1.89. The van der Waals surface area contributed by atoms with Crippen LogP contribution >= 0.6 is 11.6 Å². The number of amides is 1. The Bertz CT molecular complexity index is 1040. The molecule has 1 saturated heterocycles. The number of hydrogen-bond donors (Lipinski definition) is 1. The molecule has 1 fully saturated rings. The first kappa shape index (κ1) is 22.8. The van der Waals surface area contributed by atoms with Crippen molar-refractivity contribution in [3.05, 3.63) is 63.7 Å². The van der Waals surface area contributed by atoms with Gasteiger partial charge < -0.3 is 5.32 Å². The van der Waals surface area contributed by atoms with E-state index in [-0.39, 0.29) is 21.5 Å². The van der Waals surface area contributed by atoms with E-state index in [9.17, 15) is 13.2 Å². The fourth-order valence-corrected chi connectivity index (χ4v) is 5.49. The van der Waals surface area contributed by atoms with Gasteiger partial charge in [0.05, 0.1) is 21.5 Å². The second-order valence-corrected chi connectivity index (χ2v) is 10.6. The van der Waals surface area contributed by atoms with Crippen molar-refractivity contribution >= 4 is 27.5 Å². The van der Waals surface area contributed by atoms with Gasteiger partial charge in [-0.15, -0.1) is 0 Å². The number of halogens is 1. The van der Waals surface area contributed by atoms with Gasteiger partial charge in [0.15, 0.2) is 0 Å². The first-order valence-electron chi connectivity index (χ1n) is 10.3. The summed E-state index contributed by atoms with van der Waals surface area (Å²) in [7, 11) is -3.66. The third-order valence-corrected chi connectivity index (χ3v) is 8.04. The number of carbonyl (C=O) groups excluding carboxylic acids is 1. The highest BCUT2D eigenvalue weighted by molar-refractivity contribution is 7.89. The van der Waals surface area contributed by atoms with Crippen LogP contribution in [0.3, 0.4) is 0 Å². The van der Waals surface area contributed by atoms with Gasteiger partial charge in [0.1, 0.15) is 0 Å². The van der Waals surface area contributed by atoms with Crippen LogP contribution in [0.2, 0.25) is 5.02 Å². The van der Waals surface area contributed by atoms with E-state index in [2.05, 4.69) is 12.2 Å². The minimum absolute atomic E-state index is 0.103. The van der Waals surface area contributed by atoms with Crippen molar-refractivity contribution in [2.45, 2.75) is 51.5 Å². The van der Waals surface area contributed by atoms with Gasteiger partial charge in [-0.25, -0.2) is 8.42 Å². The summed E-state index contributed by atoms with van der Waals surface area (Å²) in [5.41, 5.74) is 3.37. The van der Waals surface area contributed by atoms with Crippen molar-refractivity contribution < 1.29 is 13.2 Å². The number of rotatable bonds is 5. The molecule has 1 atom stereocenters. The highest BCUT2D eigenvalue weighted by Crippen LogP contribution is 2.27. The Labute approximate surface area is 184 Å². The zero-order valence-corrected chi connectivity index (χ0v) is 19.5. The molecular formula is C23H29ClN2O3S. The lowest BCUT2D eigenvalue weighted by Gasteiger charge is -2.29. The second-order valence-electron chi connectivity index (χ2n) is 8.28. The third kappa shape index (κ3) is 4.88. The molecule has 1 aliphatic heterocycles. The van der Waals surface area contributed by atoms with Crippen molar-refractivity contribution in [1.82, 2.24) is 9.62 Å². The van der Waals surface area contributed by atoms with Gasteiger partial charge in [0, 0.05) is 13.1 Å². The molecule has 0 aromatic heterocycles. The van der Waals surface area contributed by atoms with E-state index in [1.165, 1.54) is 22.5 Å². The number of aryl methyl sites for hydroxylation is 2. The summed E-state index contributed by atoms with van der Waals surface area (Å²) in [5.74, 6) is 0.132. The summed E-state index contributed by atoms with van der Waals surface area (Å²) in [6.07, 6.45) is 1.68. The van der Waals surface area contributed by atoms with E-state index in [0.717, 1.165) is 29.5 Å². The molecule has 2 aromatic rings. The Morgan fingerprint density at radius 1 is 1.13 bits per heavy atom.